The number of hydrogen-bond acceptors (Lipinski definition) is 5. The molecule has 0 radical (unpaired) electrons. The Morgan fingerprint density at radius 2 is 1.74 bits per heavy atom. The first-order valence-electron chi connectivity index (χ1n) is 11.5. The predicted molar refractivity (Wildman–Crippen MR) is 128 cm³/mol. The highest BCUT2D eigenvalue weighted by molar-refractivity contribution is 5.96. The molecule has 2 aromatic carbocycles. The van der Waals surface area contributed by atoms with Gasteiger partial charge in [0.2, 0.25) is 5.91 Å². The summed E-state index contributed by atoms with van der Waals surface area (Å²) < 4.78 is 16.3. The van der Waals surface area contributed by atoms with Crippen LogP contribution in [0.4, 0.5) is 0 Å². The van der Waals surface area contributed by atoms with Gasteiger partial charge in [0.25, 0.3) is 5.91 Å². The highest BCUT2D eigenvalue weighted by Crippen LogP contribution is 2.30. The lowest BCUT2D eigenvalue weighted by Gasteiger charge is -2.32. The van der Waals surface area contributed by atoms with Crippen molar-refractivity contribution in [2.75, 3.05) is 14.2 Å². The van der Waals surface area contributed by atoms with Crippen LogP contribution in [-0.4, -0.2) is 37.0 Å². The van der Waals surface area contributed by atoms with Crippen molar-refractivity contribution in [1.29, 1.82) is 0 Å². The van der Waals surface area contributed by atoms with E-state index in [4.69, 9.17) is 13.9 Å². The van der Waals surface area contributed by atoms with Crippen LogP contribution in [0.1, 0.15) is 53.4 Å². The third-order valence-corrected chi connectivity index (χ3v) is 6.22. The van der Waals surface area contributed by atoms with Crippen LogP contribution in [0.2, 0.25) is 0 Å². The topological polar surface area (TPSA) is 81.0 Å². The molecule has 1 atom stereocenters. The minimum absolute atomic E-state index is 0.111. The summed E-state index contributed by atoms with van der Waals surface area (Å²) in [7, 11) is 3.18. The Balaban J connectivity index is 1.76. The number of para-hydroxylation sites is 1. The summed E-state index contributed by atoms with van der Waals surface area (Å²) in [6.45, 7) is 0.165. The van der Waals surface area contributed by atoms with Crippen LogP contribution >= 0.6 is 0 Å². The normalized spacial score (nSPS) is 14.4. The fourth-order valence-electron chi connectivity index (χ4n) is 4.45. The second-order valence-corrected chi connectivity index (χ2v) is 8.39. The van der Waals surface area contributed by atoms with Crippen LogP contribution in [0.15, 0.2) is 71.3 Å². The first kappa shape index (κ1) is 23.4. The fourth-order valence-corrected chi connectivity index (χ4v) is 4.45. The average Bonchev–Trinajstić information content (AvgIpc) is 3.59. The van der Waals surface area contributed by atoms with Crippen molar-refractivity contribution in [3.8, 4) is 11.5 Å². The largest absolute Gasteiger partial charge is 0.497 e. The summed E-state index contributed by atoms with van der Waals surface area (Å²) in [5.41, 5.74) is 1.48. The minimum atomic E-state index is -0.867. The maximum atomic E-state index is 13.7. The van der Waals surface area contributed by atoms with Crippen LogP contribution in [0.3, 0.4) is 0 Å². The lowest BCUT2D eigenvalue weighted by molar-refractivity contribution is -0.126. The van der Waals surface area contributed by atoms with E-state index in [-0.39, 0.29) is 30.2 Å². The molecule has 1 heterocycles. The number of rotatable bonds is 9. The van der Waals surface area contributed by atoms with Crippen molar-refractivity contribution in [3.05, 3.63) is 83.8 Å². The Morgan fingerprint density at radius 1 is 1.00 bits per heavy atom. The number of nitrogens with zero attached hydrogens (tertiary/aromatic N) is 1. The maximum absolute atomic E-state index is 13.7. The molecular weight excluding hydrogens is 432 g/mol. The molecule has 1 N–H and O–H groups in total. The highest BCUT2D eigenvalue weighted by atomic mass is 16.5. The van der Waals surface area contributed by atoms with Gasteiger partial charge < -0.3 is 24.1 Å². The lowest BCUT2D eigenvalue weighted by Crippen LogP contribution is -2.45. The zero-order valence-electron chi connectivity index (χ0n) is 19.5. The Hall–Kier alpha value is -3.74. The molecule has 1 aromatic heterocycles. The molecule has 0 bridgehead atoms. The van der Waals surface area contributed by atoms with Crippen LogP contribution in [0.5, 0.6) is 11.5 Å². The molecule has 0 saturated heterocycles. The Morgan fingerprint density at radius 3 is 2.38 bits per heavy atom. The molecule has 2 amide bonds. The maximum Gasteiger partial charge on any atom is 0.290 e. The monoisotopic (exact) mass is 462 g/mol. The zero-order valence-corrected chi connectivity index (χ0v) is 19.5. The average molecular weight is 463 g/mol. The van der Waals surface area contributed by atoms with Gasteiger partial charge in [0.05, 0.1) is 27.0 Å². The van der Waals surface area contributed by atoms with Gasteiger partial charge in [0, 0.05) is 11.6 Å². The highest BCUT2D eigenvalue weighted by Gasteiger charge is 2.35. The van der Waals surface area contributed by atoms with Crippen LogP contribution in [0.25, 0.3) is 0 Å². The van der Waals surface area contributed by atoms with Gasteiger partial charge in [-0.2, -0.15) is 0 Å². The second-order valence-electron chi connectivity index (χ2n) is 8.39. The van der Waals surface area contributed by atoms with Gasteiger partial charge >= 0.3 is 0 Å². The summed E-state index contributed by atoms with van der Waals surface area (Å²) in [6, 6.07) is 17.2. The zero-order chi connectivity index (χ0) is 23.9. The van der Waals surface area contributed by atoms with Crippen molar-refractivity contribution in [2.24, 2.45) is 0 Å². The van der Waals surface area contributed by atoms with Gasteiger partial charge in [-0.25, -0.2) is 0 Å². The number of carbonyl (C=O) groups excluding carboxylic acids is 2. The number of nitrogens with one attached hydrogen (secondary N) is 1. The molecule has 3 aromatic rings. The summed E-state index contributed by atoms with van der Waals surface area (Å²) >= 11 is 0. The number of furan rings is 1. The molecule has 7 heteroatoms. The van der Waals surface area contributed by atoms with Gasteiger partial charge in [-0.1, -0.05) is 43.2 Å². The molecule has 1 saturated carbocycles. The van der Waals surface area contributed by atoms with Gasteiger partial charge in [-0.15, -0.1) is 0 Å². The standard InChI is InChI=1S/C27H30N2O5/c1-32-22-15-13-19(14-16-22)25(26(30)28-21-9-4-5-10-21)29(27(31)24-12-7-17-34-24)18-20-8-3-6-11-23(20)33-2/h3,6-8,11-17,21,25H,4-5,9-10,18H2,1-2H3,(H,28,30). The van der Waals surface area contributed by atoms with E-state index in [0.717, 1.165) is 31.2 Å². The predicted octanol–water partition coefficient (Wildman–Crippen LogP) is 4.74. The van der Waals surface area contributed by atoms with Crippen LogP contribution in [0, 0.1) is 0 Å². The Labute approximate surface area is 199 Å². The molecular formula is C27H30N2O5. The Kier molecular flexibility index (Phi) is 7.52. The van der Waals surface area contributed by atoms with Gasteiger partial charge in [0.15, 0.2) is 5.76 Å². The quantitative estimate of drug-likeness (QED) is 0.497. The minimum Gasteiger partial charge on any atom is -0.497 e. The third kappa shape index (κ3) is 5.25. The third-order valence-electron chi connectivity index (χ3n) is 6.22. The molecule has 0 spiro atoms. The van der Waals surface area contributed by atoms with E-state index in [2.05, 4.69) is 5.32 Å². The summed E-state index contributed by atoms with van der Waals surface area (Å²) in [6.07, 6.45) is 5.53. The Bertz CT molecular complexity index is 1090. The van der Waals surface area contributed by atoms with E-state index in [1.807, 2.05) is 36.4 Å². The summed E-state index contributed by atoms with van der Waals surface area (Å²) in [4.78, 5) is 28.9. The van der Waals surface area contributed by atoms with Crippen molar-refractivity contribution in [3.63, 3.8) is 0 Å². The molecule has 4 rings (SSSR count). The van der Waals surface area contributed by atoms with Gasteiger partial charge in [-0.05, 0) is 48.7 Å². The van der Waals surface area contributed by atoms with Crippen LogP contribution in [-0.2, 0) is 11.3 Å². The fraction of sp³-hybridized carbons (Fsp3) is 0.333. The van der Waals surface area contributed by atoms with Crippen molar-refractivity contribution in [1.82, 2.24) is 10.2 Å². The van der Waals surface area contributed by atoms with Crippen molar-refractivity contribution < 1.29 is 23.5 Å². The van der Waals surface area contributed by atoms with E-state index in [1.165, 1.54) is 6.26 Å². The number of hydrogen-bond donors (Lipinski definition) is 1. The molecule has 34 heavy (non-hydrogen) atoms. The van der Waals surface area contributed by atoms with E-state index < -0.39 is 6.04 Å². The molecule has 1 aliphatic rings. The SMILES string of the molecule is COc1ccc(C(C(=O)NC2CCCC2)N(Cc2ccccc2OC)C(=O)c2ccco2)cc1. The second kappa shape index (κ2) is 10.9. The van der Waals surface area contributed by atoms with Crippen molar-refractivity contribution >= 4 is 11.8 Å². The number of methoxy groups -OCH3 is 2. The van der Waals surface area contributed by atoms with Gasteiger partial charge in [0.1, 0.15) is 17.5 Å². The van der Waals surface area contributed by atoms with E-state index in [9.17, 15) is 9.59 Å². The first-order chi connectivity index (χ1) is 16.6. The summed E-state index contributed by atoms with van der Waals surface area (Å²) in [5, 5.41) is 3.18. The van der Waals surface area contributed by atoms with E-state index in [0.29, 0.717) is 17.1 Å². The molecule has 7 nitrogen and oxygen atoms in total. The molecule has 0 aliphatic heterocycles. The van der Waals surface area contributed by atoms with Crippen molar-refractivity contribution in [2.45, 2.75) is 44.3 Å². The number of benzene rings is 2. The summed E-state index contributed by atoms with van der Waals surface area (Å²) in [5.74, 6) is 0.893. The molecule has 178 valence electrons. The first-order valence-corrected chi connectivity index (χ1v) is 11.5. The number of ether oxygens (including phenoxy) is 2. The molecule has 1 unspecified atom stereocenters. The lowest BCUT2D eigenvalue weighted by atomic mass is 10.0. The van der Waals surface area contributed by atoms with E-state index in [1.54, 1.807) is 43.4 Å². The molecule has 1 fully saturated rings. The van der Waals surface area contributed by atoms with Gasteiger partial charge in [-0.3, -0.25) is 9.59 Å². The van der Waals surface area contributed by atoms with Crippen LogP contribution < -0.4 is 14.8 Å². The number of amides is 2. The molecule has 1 aliphatic carbocycles. The van der Waals surface area contributed by atoms with E-state index >= 15 is 0 Å². The number of carbonyl (C=O) groups is 2. The smallest absolute Gasteiger partial charge is 0.290 e.